The van der Waals surface area contributed by atoms with E-state index in [1.165, 1.54) is 17.8 Å². The third-order valence-electron chi connectivity index (χ3n) is 2.86. The molecule has 1 rings (SSSR count). The van der Waals surface area contributed by atoms with Crippen LogP contribution in [-0.4, -0.2) is 23.8 Å². The summed E-state index contributed by atoms with van der Waals surface area (Å²) in [7, 11) is 1.89. The molecule has 6 heteroatoms. The van der Waals surface area contributed by atoms with E-state index in [0.29, 0.717) is 5.03 Å². The van der Waals surface area contributed by atoms with E-state index < -0.39 is 11.7 Å². The minimum atomic E-state index is -4.32. The Morgan fingerprint density at radius 1 is 1.26 bits per heavy atom. The first-order valence-corrected chi connectivity index (χ1v) is 6.96. The third-order valence-corrected chi connectivity index (χ3v) is 3.89. The summed E-state index contributed by atoms with van der Waals surface area (Å²) in [5.74, 6) is 0.762. The van der Waals surface area contributed by atoms with Gasteiger partial charge in [0.1, 0.15) is 0 Å². The van der Waals surface area contributed by atoms with Gasteiger partial charge in [0.25, 0.3) is 0 Å². The van der Waals surface area contributed by atoms with Crippen LogP contribution < -0.4 is 5.32 Å². The Kier molecular flexibility index (Phi) is 5.26. The van der Waals surface area contributed by atoms with Crippen LogP contribution in [-0.2, 0) is 6.18 Å². The molecule has 1 unspecified atom stereocenters. The zero-order valence-corrected chi connectivity index (χ0v) is 12.3. The lowest BCUT2D eigenvalue weighted by Gasteiger charge is -2.29. The largest absolute Gasteiger partial charge is 0.417 e. The molecule has 19 heavy (non-hydrogen) atoms. The fourth-order valence-corrected chi connectivity index (χ4v) is 2.86. The number of alkyl halides is 3. The molecule has 1 atom stereocenters. The molecule has 1 aromatic heterocycles. The monoisotopic (exact) mass is 292 g/mol. The normalized spacial score (nSPS) is 14.5. The van der Waals surface area contributed by atoms with Crippen LogP contribution in [0.1, 0.15) is 26.3 Å². The molecule has 0 aromatic carbocycles. The Labute approximate surface area is 116 Å². The molecule has 1 heterocycles. The SMILES string of the molecule is CNC(CSc1ccc(C(F)(F)F)cn1)C(C)(C)C. The Bertz CT molecular complexity index is 396. The average Bonchev–Trinajstić information content (AvgIpc) is 2.27. The number of aromatic nitrogens is 1. The molecule has 0 amide bonds. The second-order valence-corrected chi connectivity index (χ2v) is 6.44. The van der Waals surface area contributed by atoms with E-state index >= 15 is 0 Å². The van der Waals surface area contributed by atoms with Gasteiger partial charge in [-0.2, -0.15) is 13.2 Å². The van der Waals surface area contributed by atoms with Crippen LogP contribution in [0.25, 0.3) is 0 Å². The number of thioether (sulfide) groups is 1. The molecular weight excluding hydrogens is 273 g/mol. The fraction of sp³-hybridized carbons (Fsp3) is 0.615. The summed E-state index contributed by atoms with van der Waals surface area (Å²) in [6, 6.07) is 2.76. The Hall–Kier alpha value is -0.750. The molecule has 0 aliphatic rings. The van der Waals surface area contributed by atoms with Gasteiger partial charge in [-0.15, -0.1) is 11.8 Å². The van der Waals surface area contributed by atoms with Crippen molar-refractivity contribution in [2.75, 3.05) is 12.8 Å². The maximum atomic E-state index is 12.4. The summed E-state index contributed by atoms with van der Waals surface area (Å²) in [5, 5.41) is 3.83. The van der Waals surface area contributed by atoms with Gasteiger partial charge in [0.05, 0.1) is 10.6 Å². The quantitative estimate of drug-likeness (QED) is 0.854. The maximum absolute atomic E-state index is 12.4. The van der Waals surface area contributed by atoms with E-state index in [-0.39, 0.29) is 11.5 Å². The van der Waals surface area contributed by atoms with Gasteiger partial charge in [-0.25, -0.2) is 4.98 Å². The lowest BCUT2D eigenvalue weighted by molar-refractivity contribution is -0.137. The Morgan fingerprint density at radius 2 is 1.89 bits per heavy atom. The topological polar surface area (TPSA) is 24.9 Å². The molecule has 0 saturated carbocycles. The van der Waals surface area contributed by atoms with Crippen LogP contribution in [0.3, 0.4) is 0 Å². The van der Waals surface area contributed by atoms with Gasteiger partial charge in [-0.3, -0.25) is 0 Å². The highest BCUT2D eigenvalue weighted by Gasteiger charge is 2.30. The molecule has 0 radical (unpaired) electrons. The smallest absolute Gasteiger partial charge is 0.316 e. The molecule has 0 spiro atoms. The van der Waals surface area contributed by atoms with Crippen molar-refractivity contribution in [3.8, 4) is 0 Å². The molecule has 0 aliphatic heterocycles. The van der Waals surface area contributed by atoms with Gasteiger partial charge in [-0.1, -0.05) is 20.8 Å². The van der Waals surface area contributed by atoms with Crippen LogP contribution >= 0.6 is 11.8 Å². The number of hydrogen-bond donors (Lipinski definition) is 1. The van der Waals surface area contributed by atoms with Crippen LogP contribution in [0.2, 0.25) is 0 Å². The lowest BCUT2D eigenvalue weighted by atomic mass is 9.88. The number of pyridine rings is 1. The molecule has 108 valence electrons. The maximum Gasteiger partial charge on any atom is 0.417 e. The molecule has 0 saturated heterocycles. The van der Waals surface area contributed by atoms with Gasteiger partial charge >= 0.3 is 6.18 Å². The van der Waals surface area contributed by atoms with E-state index in [2.05, 4.69) is 31.1 Å². The van der Waals surface area contributed by atoms with E-state index in [9.17, 15) is 13.2 Å². The van der Waals surface area contributed by atoms with Gasteiger partial charge in [0.15, 0.2) is 0 Å². The first kappa shape index (κ1) is 16.3. The third kappa shape index (κ3) is 5.03. The van der Waals surface area contributed by atoms with Crippen molar-refractivity contribution < 1.29 is 13.2 Å². The number of rotatable bonds is 4. The second kappa shape index (κ2) is 6.13. The summed E-state index contributed by atoms with van der Waals surface area (Å²) < 4.78 is 37.2. The number of nitrogens with one attached hydrogen (secondary N) is 1. The molecule has 2 nitrogen and oxygen atoms in total. The zero-order valence-electron chi connectivity index (χ0n) is 11.5. The lowest BCUT2D eigenvalue weighted by Crippen LogP contribution is -2.40. The van der Waals surface area contributed by atoms with E-state index in [4.69, 9.17) is 0 Å². The van der Waals surface area contributed by atoms with Gasteiger partial charge in [0.2, 0.25) is 0 Å². The van der Waals surface area contributed by atoms with Crippen molar-refractivity contribution in [1.29, 1.82) is 0 Å². The summed E-state index contributed by atoms with van der Waals surface area (Å²) in [6.07, 6.45) is -3.44. The molecular formula is C13H19F3N2S. The highest BCUT2D eigenvalue weighted by atomic mass is 32.2. The van der Waals surface area contributed by atoms with Crippen molar-refractivity contribution in [2.45, 2.75) is 38.0 Å². The van der Waals surface area contributed by atoms with E-state index in [0.717, 1.165) is 18.0 Å². The van der Waals surface area contributed by atoms with Crippen molar-refractivity contribution >= 4 is 11.8 Å². The first-order valence-electron chi connectivity index (χ1n) is 5.98. The Balaban J connectivity index is 2.64. The molecule has 0 fully saturated rings. The zero-order chi connectivity index (χ0) is 14.7. The highest BCUT2D eigenvalue weighted by molar-refractivity contribution is 7.99. The standard InChI is InChI=1S/C13H19F3N2S/c1-12(2,3)10(17-4)8-19-11-6-5-9(7-18-11)13(14,15)16/h5-7,10,17H,8H2,1-4H3. The van der Waals surface area contributed by atoms with Crippen LogP contribution in [0.4, 0.5) is 13.2 Å². The fourth-order valence-electron chi connectivity index (χ4n) is 1.57. The summed E-state index contributed by atoms with van der Waals surface area (Å²) in [5.41, 5.74) is -0.619. The summed E-state index contributed by atoms with van der Waals surface area (Å²) in [6.45, 7) is 6.36. The second-order valence-electron chi connectivity index (χ2n) is 5.40. The van der Waals surface area contributed by atoms with Gasteiger partial charge in [-0.05, 0) is 24.6 Å². The van der Waals surface area contributed by atoms with Gasteiger partial charge < -0.3 is 5.32 Å². The number of nitrogens with zero attached hydrogens (tertiary/aromatic N) is 1. The first-order chi connectivity index (χ1) is 8.64. The summed E-state index contributed by atoms with van der Waals surface area (Å²) >= 11 is 1.46. The van der Waals surface area contributed by atoms with Gasteiger partial charge in [0, 0.05) is 18.0 Å². The van der Waals surface area contributed by atoms with Crippen LogP contribution in [0.5, 0.6) is 0 Å². The minimum Gasteiger partial charge on any atom is -0.316 e. The predicted molar refractivity (Wildman–Crippen MR) is 72.3 cm³/mol. The van der Waals surface area contributed by atoms with Crippen molar-refractivity contribution in [1.82, 2.24) is 10.3 Å². The average molecular weight is 292 g/mol. The van der Waals surface area contributed by atoms with Crippen molar-refractivity contribution in [3.63, 3.8) is 0 Å². The number of hydrogen-bond acceptors (Lipinski definition) is 3. The molecule has 0 bridgehead atoms. The Morgan fingerprint density at radius 3 is 2.26 bits per heavy atom. The van der Waals surface area contributed by atoms with E-state index in [1.54, 1.807) is 0 Å². The minimum absolute atomic E-state index is 0.0909. The predicted octanol–water partition coefficient (Wildman–Crippen LogP) is 3.83. The number of halogens is 3. The highest BCUT2D eigenvalue weighted by Crippen LogP contribution is 2.30. The molecule has 1 aromatic rings. The van der Waals surface area contributed by atoms with Crippen molar-refractivity contribution in [3.05, 3.63) is 23.9 Å². The van der Waals surface area contributed by atoms with E-state index in [1.807, 2.05) is 7.05 Å². The molecule has 1 N–H and O–H groups in total. The van der Waals surface area contributed by atoms with Crippen LogP contribution in [0.15, 0.2) is 23.4 Å². The van der Waals surface area contributed by atoms with Crippen LogP contribution in [0, 0.1) is 5.41 Å². The summed E-state index contributed by atoms with van der Waals surface area (Å²) in [4.78, 5) is 3.85. The van der Waals surface area contributed by atoms with Crippen molar-refractivity contribution in [2.24, 2.45) is 5.41 Å². The molecule has 0 aliphatic carbocycles.